The normalized spacial score (nSPS) is 21.6. The third-order valence-corrected chi connectivity index (χ3v) is 22.2. The first-order valence-electron chi connectivity index (χ1n) is 38.0. The number of hydrogen-bond donors (Lipinski definition) is 0. The van der Waals surface area contributed by atoms with Crippen LogP contribution in [0, 0.1) is 59.2 Å². The molecule has 3 aliphatic rings. The monoisotopic (exact) mass is 1270 g/mol. The molecule has 6 aromatic carbocycles. The van der Waals surface area contributed by atoms with E-state index >= 15 is 0 Å². The van der Waals surface area contributed by atoms with Crippen LogP contribution in [0.2, 0.25) is 0 Å². The van der Waals surface area contributed by atoms with Crippen LogP contribution in [0.1, 0.15) is 361 Å². The van der Waals surface area contributed by atoms with Gasteiger partial charge in [0.2, 0.25) is 0 Å². The number of aryl methyl sites for hydroxylation is 1. The zero-order chi connectivity index (χ0) is 68.7. The fourth-order valence-corrected chi connectivity index (χ4v) is 16.8. The van der Waals surface area contributed by atoms with Gasteiger partial charge >= 0.3 is 0 Å². The lowest BCUT2D eigenvalue weighted by molar-refractivity contribution is 0.102. The number of rotatable bonds is 23. The summed E-state index contributed by atoms with van der Waals surface area (Å²) in [7, 11) is 0. The van der Waals surface area contributed by atoms with Gasteiger partial charge in [0.15, 0.2) is 17.3 Å². The van der Waals surface area contributed by atoms with E-state index in [9.17, 15) is 14.4 Å². The van der Waals surface area contributed by atoms with Crippen molar-refractivity contribution in [3.63, 3.8) is 0 Å². The van der Waals surface area contributed by atoms with E-state index in [1.54, 1.807) is 0 Å². The van der Waals surface area contributed by atoms with Crippen molar-refractivity contribution in [3.05, 3.63) is 211 Å². The Balaban J connectivity index is 0.000000200. The van der Waals surface area contributed by atoms with Crippen LogP contribution in [0.15, 0.2) is 127 Å². The highest BCUT2D eigenvalue weighted by Crippen LogP contribution is 2.46. The Labute approximate surface area is 574 Å². The maximum absolute atomic E-state index is 13.9. The Bertz CT molecular complexity index is 3380. The number of hydrogen-bond acceptors (Lipinski definition) is 3. The standard InChI is InChI=1S/C31H44O.2C30H42O/c1-20(2)16-26-15-14-25(24-13-12-23(7)27(18-24)17-21(3)4)19-30(26)31(32)29-11-9-8-10-28(29)22(5)6;1-19(2)16-25-17-23(13-12-22(25)7)24-14-15-27(21(5)6)29(18-24)30(31)28-11-9-8-10-26(28)20(3)4;1-7-10-23-15-16-25(24-14-13-22(6)26(18-24)17-20(2)3)19-29(23)30(31)28-12-9-8-11-27(28)21(4)5/h8-11,14-15,19-24,27H,12-13,16-18H2,1-7H3;8-11,14-15,18-23,25H,12-13,16-17H2,1-7H3;8-9,11-12,15-16,19-22,24,26H,7,10,13-14,17-18H2,1-6H3/t23?,24?,27-;22?,23?,25-;22?,24?,26-/m000/s1. The van der Waals surface area contributed by atoms with Gasteiger partial charge in [0.1, 0.15) is 0 Å². The zero-order valence-electron chi connectivity index (χ0n) is 62.8. The zero-order valence-corrected chi connectivity index (χ0v) is 62.8. The minimum absolute atomic E-state index is 0.192. The van der Waals surface area contributed by atoms with Gasteiger partial charge in [-0.15, -0.1) is 0 Å². The first-order chi connectivity index (χ1) is 44.7. The van der Waals surface area contributed by atoms with Crippen molar-refractivity contribution in [3.8, 4) is 0 Å². The van der Waals surface area contributed by atoms with Crippen molar-refractivity contribution in [1.29, 1.82) is 0 Å². The summed E-state index contributed by atoms with van der Waals surface area (Å²) in [5, 5.41) is 0. The molecule has 0 aliphatic heterocycles. The molecule has 0 bridgehead atoms. The molecule has 0 N–H and O–H groups in total. The lowest BCUT2D eigenvalue weighted by atomic mass is 9.69. The number of benzene rings is 6. The molecule has 9 atom stereocenters. The highest BCUT2D eigenvalue weighted by Gasteiger charge is 2.34. The van der Waals surface area contributed by atoms with Crippen molar-refractivity contribution in [1.82, 2.24) is 0 Å². The molecule has 6 unspecified atom stereocenters. The van der Waals surface area contributed by atoms with E-state index in [1.807, 2.05) is 48.5 Å². The van der Waals surface area contributed by atoms with E-state index < -0.39 is 0 Å². The number of carbonyl (C=O) groups is 3. The largest absolute Gasteiger partial charge is 0.289 e. The molecule has 3 nitrogen and oxygen atoms in total. The molecule has 3 saturated carbocycles. The molecule has 510 valence electrons. The molecule has 0 spiro atoms. The molecule has 6 aromatic rings. The van der Waals surface area contributed by atoms with E-state index in [1.165, 1.54) is 110 Å². The van der Waals surface area contributed by atoms with Gasteiger partial charge < -0.3 is 0 Å². The van der Waals surface area contributed by atoms with Gasteiger partial charge in [-0.3, -0.25) is 14.4 Å². The Hall–Kier alpha value is -5.67. The van der Waals surface area contributed by atoms with Gasteiger partial charge in [-0.1, -0.05) is 254 Å². The fraction of sp³-hybridized carbons (Fsp3) is 0.571. The predicted octanol–water partition coefficient (Wildman–Crippen LogP) is 26.1. The first-order valence-corrected chi connectivity index (χ1v) is 38.0. The Kier molecular flexibility index (Phi) is 28.6. The third kappa shape index (κ3) is 20.2. The van der Waals surface area contributed by atoms with Crippen LogP contribution in [-0.4, -0.2) is 17.3 Å². The summed E-state index contributed by atoms with van der Waals surface area (Å²) >= 11 is 0. The van der Waals surface area contributed by atoms with Gasteiger partial charge in [-0.25, -0.2) is 0 Å². The highest BCUT2D eigenvalue weighted by molar-refractivity contribution is 6.12. The molecular weight excluding hydrogens is 1140 g/mol. The van der Waals surface area contributed by atoms with Gasteiger partial charge in [0.05, 0.1) is 0 Å². The summed E-state index contributed by atoms with van der Waals surface area (Å²) in [5.74, 6) is 11.3. The summed E-state index contributed by atoms with van der Waals surface area (Å²) in [6, 6.07) is 45.0. The Morgan fingerprint density at radius 1 is 0.340 bits per heavy atom. The van der Waals surface area contributed by atoms with Crippen LogP contribution in [-0.2, 0) is 12.8 Å². The first kappa shape index (κ1) is 75.7. The van der Waals surface area contributed by atoms with Crippen molar-refractivity contribution in [2.24, 2.45) is 59.2 Å². The lowest BCUT2D eigenvalue weighted by Gasteiger charge is -2.36. The SMILES string of the molecule is CC(C)C[C@H]1CC(c2ccc(C(C)C)c(C(=O)c3ccccc3C(C)C)c2)CCC1C.CC(C)Cc1ccc(C2CCC(C)[C@@H](CC(C)C)C2)cc1C(=O)c1ccccc1C(C)C.CCCc1ccc(C2CCC(C)[C@@H](CC(C)C)C2)cc1C(=O)c1ccccc1C(C)C. The maximum Gasteiger partial charge on any atom is 0.193 e. The van der Waals surface area contributed by atoms with E-state index in [0.29, 0.717) is 47.3 Å². The van der Waals surface area contributed by atoms with Gasteiger partial charge in [0.25, 0.3) is 0 Å². The minimum Gasteiger partial charge on any atom is -0.289 e. The van der Waals surface area contributed by atoms with E-state index in [2.05, 4.69) is 217 Å². The van der Waals surface area contributed by atoms with Crippen LogP contribution in [0.3, 0.4) is 0 Å². The molecule has 3 heteroatoms. The average Bonchev–Trinajstić information content (AvgIpc) is 0.811. The van der Waals surface area contributed by atoms with Crippen LogP contribution in [0.5, 0.6) is 0 Å². The third-order valence-electron chi connectivity index (χ3n) is 22.2. The molecule has 94 heavy (non-hydrogen) atoms. The van der Waals surface area contributed by atoms with Gasteiger partial charge in [-0.2, -0.15) is 0 Å². The molecule has 0 saturated heterocycles. The van der Waals surface area contributed by atoms with E-state index in [4.69, 9.17) is 0 Å². The topological polar surface area (TPSA) is 51.2 Å². The van der Waals surface area contributed by atoms with Crippen molar-refractivity contribution in [2.45, 2.75) is 276 Å². The summed E-state index contributed by atoms with van der Waals surface area (Å²) < 4.78 is 0. The summed E-state index contributed by atoms with van der Waals surface area (Å²) in [6.07, 6.45) is 18.3. The van der Waals surface area contributed by atoms with Gasteiger partial charge in [0, 0.05) is 33.4 Å². The smallest absolute Gasteiger partial charge is 0.193 e. The highest BCUT2D eigenvalue weighted by atomic mass is 16.1. The summed E-state index contributed by atoms with van der Waals surface area (Å²) in [5.41, 5.74) is 16.6. The minimum atomic E-state index is 0.192. The molecule has 0 radical (unpaired) electrons. The molecule has 0 aromatic heterocycles. The van der Waals surface area contributed by atoms with Crippen LogP contribution < -0.4 is 0 Å². The Morgan fingerprint density at radius 3 is 0.968 bits per heavy atom. The number of ketones is 3. The van der Waals surface area contributed by atoms with Crippen LogP contribution >= 0.6 is 0 Å². The summed E-state index contributed by atoms with van der Waals surface area (Å²) in [6.45, 7) is 45.5. The maximum atomic E-state index is 13.9. The van der Waals surface area contributed by atoms with E-state index in [-0.39, 0.29) is 17.3 Å². The predicted molar refractivity (Wildman–Crippen MR) is 404 cm³/mol. The lowest BCUT2D eigenvalue weighted by Crippen LogP contribution is -2.23. The Morgan fingerprint density at radius 2 is 0.638 bits per heavy atom. The average molecular weight is 1270 g/mol. The molecule has 3 aliphatic carbocycles. The van der Waals surface area contributed by atoms with Gasteiger partial charge in [-0.05, 0) is 259 Å². The second-order valence-corrected chi connectivity index (χ2v) is 33.0. The van der Waals surface area contributed by atoms with Crippen LogP contribution in [0.25, 0.3) is 0 Å². The van der Waals surface area contributed by atoms with E-state index in [0.717, 1.165) is 123 Å². The van der Waals surface area contributed by atoms with Crippen molar-refractivity contribution < 1.29 is 14.4 Å². The second-order valence-electron chi connectivity index (χ2n) is 33.0. The quantitative estimate of drug-likeness (QED) is 0.0601. The molecular formula is C91H128O3. The summed E-state index contributed by atoms with van der Waals surface area (Å²) in [4.78, 5) is 41.4. The molecule has 3 fully saturated rings. The second kappa shape index (κ2) is 35.5. The van der Waals surface area contributed by atoms with Crippen LogP contribution in [0.4, 0.5) is 0 Å². The molecule has 9 rings (SSSR count). The van der Waals surface area contributed by atoms with Crippen molar-refractivity contribution in [2.75, 3.05) is 0 Å². The van der Waals surface area contributed by atoms with Crippen molar-refractivity contribution >= 4 is 17.3 Å². The molecule has 0 heterocycles. The number of carbonyl (C=O) groups excluding carboxylic acids is 3. The fourth-order valence-electron chi connectivity index (χ4n) is 16.8. The molecule has 0 amide bonds.